The maximum atomic E-state index is 12.0. The fourth-order valence-electron chi connectivity index (χ4n) is 2.29. The second-order valence-corrected chi connectivity index (χ2v) is 5.84. The molecule has 2 rings (SSSR count). The molecule has 0 aliphatic heterocycles. The van der Waals surface area contributed by atoms with Crippen LogP contribution in [0.5, 0.6) is 5.75 Å². The van der Waals surface area contributed by atoms with E-state index in [-0.39, 0.29) is 22.7 Å². The number of ether oxygens (including phenoxy) is 2. The summed E-state index contributed by atoms with van der Waals surface area (Å²) in [4.78, 5) is 56.0. The lowest BCUT2D eigenvalue weighted by Gasteiger charge is -2.09. The Hall–Kier alpha value is -4.55. The Morgan fingerprint density at radius 2 is 1.77 bits per heavy atom. The van der Waals surface area contributed by atoms with Crippen LogP contribution >= 0.6 is 0 Å². The molecule has 0 spiro atoms. The molecule has 0 aromatic heterocycles. The molecule has 13 heteroatoms. The Labute approximate surface area is 174 Å². The number of amides is 2. The van der Waals surface area contributed by atoms with Crippen molar-refractivity contribution in [2.45, 2.75) is 0 Å². The van der Waals surface area contributed by atoms with Crippen molar-refractivity contribution in [2.75, 3.05) is 25.6 Å². The molecule has 0 heterocycles. The summed E-state index contributed by atoms with van der Waals surface area (Å²) in [6, 6.07) is 8.66. The number of carbonyl (C=O) groups is 3. The summed E-state index contributed by atoms with van der Waals surface area (Å²) in [6.07, 6.45) is 0. The summed E-state index contributed by atoms with van der Waals surface area (Å²) >= 11 is 0. The van der Waals surface area contributed by atoms with Crippen LogP contribution < -0.4 is 15.4 Å². The predicted molar refractivity (Wildman–Crippen MR) is 105 cm³/mol. The van der Waals surface area contributed by atoms with Crippen LogP contribution in [0.2, 0.25) is 0 Å². The van der Waals surface area contributed by atoms with Crippen molar-refractivity contribution in [1.29, 1.82) is 0 Å². The Morgan fingerprint density at radius 3 is 2.42 bits per heavy atom. The van der Waals surface area contributed by atoms with Gasteiger partial charge in [0.25, 0.3) is 23.2 Å². The number of rotatable bonds is 9. The molecule has 31 heavy (non-hydrogen) atoms. The average Bonchev–Trinajstić information content (AvgIpc) is 2.76. The van der Waals surface area contributed by atoms with Crippen LogP contribution in [-0.2, 0) is 14.3 Å². The quantitative estimate of drug-likeness (QED) is 0.336. The molecule has 2 aromatic rings. The zero-order valence-corrected chi connectivity index (χ0v) is 16.0. The molecule has 0 bridgehead atoms. The van der Waals surface area contributed by atoms with Crippen molar-refractivity contribution in [1.82, 2.24) is 5.32 Å². The molecule has 0 saturated carbocycles. The van der Waals surface area contributed by atoms with Crippen LogP contribution in [0.1, 0.15) is 10.4 Å². The number of non-ortho nitro benzene ring substituents is 1. The Morgan fingerprint density at radius 1 is 1.03 bits per heavy atom. The molecule has 162 valence electrons. The monoisotopic (exact) mass is 432 g/mol. The number of carbonyl (C=O) groups excluding carboxylic acids is 3. The molecule has 2 aromatic carbocycles. The first-order valence-electron chi connectivity index (χ1n) is 8.52. The van der Waals surface area contributed by atoms with E-state index >= 15 is 0 Å². The van der Waals surface area contributed by atoms with Crippen LogP contribution in [0.3, 0.4) is 0 Å². The number of nitrogens with zero attached hydrogens (tertiary/aromatic N) is 2. The van der Waals surface area contributed by atoms with Gasteiger partial charge >= 0.3 is 5.97 Å². The number of hydrogen-bond donors (Lipinski definition) is 2. The highest BCUT2D eigenvalue weighted by atomic mass is 16.6. The lowest BCUT2D eigenvalue weighted by molar-refractivity contribution is -0.384. The van der Waals surface area contributed by atoms with Gasteiger partial charge in [-0.25, -0.2) is 0 Å². The van der Waals surface area contributed by atoms with Crippen LogP contribution in [-0.4, -0.2) is 47.9 Å². The van der Waals surface area contributed by atoms with Gasteiger partial charge in [-0.2, -0.15) is 0 Å². The average molecular weight is 432 g/mol. The third kappa shape index (κ3) is 6.49. The molecule has 0 atom stereocenters. The fraction of sp³-hybridized carbons (Fsp3) is 0.167. The van der Waals surface area contributed by atoms with E-state index in [4.69, 9.17) is 9.47 Å². The highest BCUT2D eigenvalue weighted by molar-refractivity contribution is 5.97. The topological polar surface area (TPSA) is 180 Å². The second kappa shape index (κ2) is 10.3. The lowest BCUT2D eigenvalue weighted by Crippen LogP contribution is -2.32. The largest absolute Gasteiger partial charge is 0.496 e. The van der Waals surface area contributed by atoms with E-state index in [1.165, 1.54) is 37.4 Å². The molecule has 0 aliphatic rings. The minimum atomic E-state index is -0.960. The van der Waals surface area contributed by atoms with E-state index in [9.17, 15) is 34.6 Å². The minimum Gasteiger partial charge on any atom is -0.496 e. The molecule has 0 unspecified atom stereocenters. The van der Waals surface area contributed by atoms with Gasteiger partial charge in [0.2, 0.25) is 0 Å². The molecule has 0 radical (unpaired) electrons. The molecule has 0 saturated heterocycles. The maximum absolute atomic E-state index is 12.0. The van der Waals surface area contributed by atoms with Gasteiger partial charge in [0.15, 0.2) is 6.61 Å². The molecule has 13 nitrogen and oxygen atoms in total. The van der Waals surface area contributed by atoms with E-state index in [1.54, 1.807) is 0 Å². The number of methoxy groups -OCH3 is 1. The summed E-state index contributed by atoms with van der Waals surface area (Å²) < 4.78 is 9.59. The predicted octanol–water partition coefficient (Wildman–Crippen LogP) is 1.42. The number of nitro benzene ring substituents is 2. The van der Waals surface area contributed by atoms with Crippen LogP contribution in [0.4, 0.5) is 17.1 Å². The van der Waals surface area contributed by atoms with E-state index in [0.29, 0.717) is 0 Å². The summed E-state index contributed by atoms with van der Waals surface area (Å²) in [5.41, 5.74) is -0.861. The normalized spacial score (nSPS) is 9.97. The van der Waals surface area contributed by atoms with Gasteiger partial charge in [0.05, 0.1) is 23.0 Å². The molecule has 0 fully saturated rings. The van der Waals surface area contributed by atoms with Crippen molar-refractivity contribution < 1.29 is 33.7 Å². The number of nitrogens with one attached hydrogen (secondary N) is 2. The number of nitro groups is 2. The van der Waals surface area contributed by atoms with Crippen molar-refractivity contribution in [3.05, 3.63) is 68.3 Å². The zero-order valence-electron chi connectivity index (χ0n) is 16.0. The first-order valence-corrected chi connectivity index (χ1v) is 8.52. The van der Waals surface area contributed by atoms with Crippen LogP contribution in [0.15, 0.2) is 42.5 Å². The summed E-state index contributed by atoms with van der Waals surface area (Å²) in [5, 5.41) is 26.3. The van der Waals surface area contributed by atoms with Gasteiger partial charge in [-0.05, 0) is 18.2 Å². The Balaban J connectivity index is 1.85. The first-order chi connectivity index (χ1) is 14.7. The van der Waals surface area contributed by atoms with Crippen molar-refractivity contribution in [2.24, 2.45) is 0 Å². The standard InChI is InChI=1S/C18H16N4O9/c1-30-13-5-6-14(15(8-13)22(28)29)20-16(23)10-31-17(24)9-19-18(25)11-3-2-4-12(7-11)21(26)27/h2-8H,9-10H2,1H3,(H,19,25)(H,20,23). The van der Waals surface area contributed by atoms with E-state index in [0.717, 1.165) is 12.1 Å². The lowest BCUT2D eigenvalue weighted by atomic mass is 10.2. The molecule has 2 N–H and O–H groups in total. The summed E-state index contributed by atoms with van der Waals surface area (Å²) in [7, 11) is 1.33. The number of hydrogen-bond acceptors (Lipinski definition) is 9. The van der Waals surface area contributed by atoms with Crippen LogP contribution in [0, 0.1) is 20.2 Å². The fourth-order valence-corrected chi connectivity index (χ4v) is 2.29. The van der Waals surface area contributed by atoms with Gasteiger partial charge in [-0.3, -0.25) is 34.6 Å². The van der Waals surface area contributed by atoms with Gasteiger partial charge in [0, 0.05) is 17.7 Å². The number of benzene rings is 2. The van der Waals surface area contributed by atoms with Gasteiger partial charge in [-0.15, -0.1) is 0 Å². The van der Waals surface area contributed by atoms with E-state index < -0.39 is 46.5 Å². The zero-order chi connectivity index (χ0) is 23.0. The molecular weight excluding hydrogens is 416 g/mol. The maximum Gasteiger partial charge on any atom is 0.325 e. The third-order valence-corrected chi connectivity index (χ3v) is 3.75. The minimum absolute atomic E-state index is 0.0356. The molecular formula is C18H16N4O9. The molecule has 2 amide bonds. The van der Waals surface area contributed by atoms with Crippen molar-refractivity contribution in [3.8, 4) is 5.75 Å². The molecule has 0 aliphatic carbocycles. The van der Waals surface area contributed by atoms with Gasteiger partial charge in [0.1, 0.15) is 18.0 Å². The van der Waals surface area contributed by atoms with Gasteiger partial charge in [-0.1, -0.05) is 6.07 Å². The Kier molecular flexibility index (Phi) is 7.55. The van der Waals surface area contributed by atoms with E-state index in [1.807, 2.05) is 0 Å². The summed E-state index contributed by atoms with van der Waals surface area (Å²) in [6.45, 7) is -1.35. The van der Waals surface area contributed by atoms with E-state index in [2.05, 4.69) is 10.6 Å². The third-order valence-electron chi connectivity index (χ3n) is 3.75. The smallest absolute Gasteiger partial charge is 0.325 e. The second-order valence-electron chi connectivity index (χ2n) is 5.84. The first kappa shape index (κ1) is 22.7. The van der Waals surface area contributed by atoms with Gasteiger partial charge < -0.3 is 20.1 Å². The summed E-state index contributed by atoms with van der Waals surface area (Å²) in [5.74, 6) is -2.33. The SMILES string of the molecule is COc1ccc(NC(=O)COC(=O)CNC(=O)c2cccc([N+](=O)[O-])c2)c([N+](=O)[O-])c1. The Bertz CT molecular complexity index is 1040. The van der Waals surface area contributed by atoms with Crippen molar-refractivity contribution in [3.63, 3.8) is 0 Å². The van der Waals surface area contributed by atoms with Crippen LogP contribution in [0.25, 0.3) is 0 Å². The number of anilines is 1. The number of esters is 1. The van der Waals surface area contributed by atoms with Crippen molar-refractivity contribution >= 4 is 34.8 Å². The highest BCUT2D eigenvalue weighted by Crippen LogP contribution is 2.28. The highest BCUT2D eigenvalue weighted by Gasteiger charge is 2.18.